The van der Waals surface area contributed by atoms with Crippen molar-refractivity contribution >= 4 is 33.5 Å². The van der Waals surface area contributed by atoms with E-state index in [-0.39, 0.29) is 0 Å². The summed E-state index contributed by atoms with van der Waals surface area (Å²) in [5, 5.41) is 3.78. The molecule has 0 aromatic heterocycles. The van der Waals surface area contributed by atoms with Crippen LogP contribution in [0.3, 0.4) is 0 Å². The Morgan fingerprint density at radius 3 is 2.73 bits per heavy atom. The zero-order chi connectivity index (χ0) is 20.5. The molecule has 0 saturated carbocycles. The first-order valence-corrected chi connectivity index (χ1v) is 11.0. The maximum atomic E-state index is 5.43. The number of nitrogens with zero attached hydrogens (tertiary/aromatic N) is 1. The molecule has 3 aromatic rings. The summed E-state index contributed by atoms with van der Waals surface area (Å²) in [7, 11) is 1.68. The largest absolute Gasteiger partial charge is 0.496 e. The molecule has 2 aliphatic rings. The molecule has 1 aliphatic heterocycles. The van der Waals surface area contributed by atoms with E-state index in [1.807, 2.05) is 24.4 Å². The van der Waals surface area contributed by atoms with E-state index < -0.39 is 0 Å². The molecule has 3 atom stereocenters. The zero-order valence-electron chi connectivity index (χ0n) is 16.8. The van der Waals surface area contributed by atoms with Gasteiger partial charge in [0.1, 0.15) is 5.75 Å². The number of rotatable bonds is 4. The van der Waals surface area contributed by atoms with Gasteiger partial charge in [-0.3, -0.25) is 4.99 Å². The van der Waals surface area contributed by atoms with Crippen LogP contribution in [0.1, 0.15) is 35.1 Å². The quantitative estimate of drug-likeness (QED) is 0.336. The first kappa shape index (κ1) is 19.1. The van der Waals surface area contributed by atoms with E-state index in [2.05, 4.69) is 86.9 Å². The minimum Gasteiger partial charge on any atom is -0.496 e. The van der Waals surface area contributed by atoms with Gasteiger partial charge in [-0.25, -0.2) is 0 Å². The van der Waals surface area contributed by atoms with Crippen molar-refractivity contribution < 1.29 is 4.74 Å². The molecule has 150 valence electrons. The lowest BCUT2D eigenvalue weighted by Crippen LogP contribution is -2.28. The molecule has 3 aromatic carbocycles. The second-order valence-electron chi connectivity index (χ2n) is 7.80. The molecule has 4 heteroatoms. The molecule has 1 N–H and O–H groups in total. The lowest BCUT2D eigenvalue weighted by molar-refractivity contribution is 0.414. The van der Waals surface area contributed by atoms with E-state index in [0.717, 1.165) is 27.9 Å². The normalized spacial score (nSPS) is 21.9. The number of anilines is 1. The van der Waals surface area contributed by atoms with E-state index in [1.165, 1.54) is 16.8 Å². The molecule has 0 bridgehead atoms. The number of halogens is 1. The van der Waals surface area contributed by atoms with Crippen LogP contribution in [0.5, 0.6) is 5.75 Å². The smallest absolute Gasteiger partial charge is 0.127 e. The minimum atomic E-state index is 0.308. The molecule has 3 nitrogen and oxygen atoms in total. The number of para-hydroxylation sites is 1. The van der Waals surface area contributed by atoms with E-state index in [1.54, 1.807) is 7.11 Å². The third kappa shape index (κ3) is 3.56. The fourth-order valence-corrected chi connectivity index (χ4v) is 4.97. The van der Waals surface area contributed by atoms with E-state index >= 15 is 0 Å². The van der Waals surface area contributed by atoms with Crippen molar-refractivity contribution in [2.45, 2.75) is 18.4 Å². The summed E-state index contributed by atoms with van der Waals surface area (Å²) in [6.07, 6.45) is 7.67. The first-order chi connectivity index (χ1) is 14.7. The number of allylic oxidation sites excluding steroid dienone is 2. The highest BCUT2D eigenvalue weighted by Crippen LogP contribution is 2.49. The Bertz CT molecular complexity index is 1120. The molecule has 0 spiro atoms. The van der Waals surface area contributed by atoms with Crippen LogP contribution in [0.25, 0.3) is 0 Å². The van der Waals surface area contributed by atoms with Crippen LogP contribution < -0.4 is 10.1 Å². The molecule has 1 heterocycles. The molecule has 0 amide bonds. The summed E-state index contributed by atoms with van der Waals surface area (Å²) < 4.78 is 6.43. The number of methoxy groups -OCH3 is 1. The van der Waals surface area contributed by atoms with Gasteiger partial charge in [0.25, 0.3) is 0 Å². The van der Waals surface area contributed by atoms with Crippen molar-refractivity contribution in [3.8, 4) is 5.75 Å². The van der Waals surface area contributed by atoms with Gasteiger partial charge < -0.3 is 10.1 Å². The first-order valence-electron chi connectivity index (χ1n) is 10.2. The van der Waals surface area contributed by atoms with Crippen molar-refractivity contribution in [3.63, 3.8) is 0 Å². The minimum absolute atomic E-state index is 0.308. The number of aliphatic imine (C=N–C) groups is 1. The summed E-state index contributed by atoms with van der Waals surface area (Å²) in [6.45, 7) is 0. The Kier molecular flexibility index (Phi) is 5.17. The Morgan fingerprint density at radius 1 is 1.07 bits per heavy atom. The van der Waals surface area contributed by atoms with Gasteiger partial charge in [0, 0.05) is 27.9 Å². The molecule has 5 rings (SSSR count). The maximum Gasteiger partial charge on any atom is 0.127 e. The monoisotopic (exact) mass is 458 g/mol. The second-order valence-corrected chi connectivity index (χ2v) is 8.71. The standard InChI is InChI=1S/C26H23BrN2O/c1-30-25-14-11-19(27)15-18(25)16-28-20-12-9-17(10-13-20)26-23-7-4-6-21(23)22-5-2-3-8-24(22)29-26/h2-6,8-16,21,23,26,29H,7H2,1H3/t21-,23-,26-/m0/s1. The van der Waals surface area contributed by atoms with Crippen molar-refractivity contribution in [1.82, 2.24) is 0 Å². The van der Waals surface area contributed by atoms with Gasteiger partial charge in [-0.05, 0) is 59.9 Å². The Morgan fingerprint density at radius 2 is 1.90 bits per heavy atom. The fourth-order valence-electron chi connectivity index (χ4n) is 4.59. The third-order valence-electron chi connectivity index (χ3n) is 6.07. The predicted octanol–water partition coefficient (Wildman–Crippen LogP) is 7.03. The van der Waals surface area contributed by atoms with Gasteiger partial charge in [0.05, 0.1) is 18.8 Å². The lowest BCUT2D eigenvalue weighted by Gasteiger charge is -2.37. The predicted molar refractivity (Wildman–Crippen MR) is 127 cm³/mol. The summed E-state index contributed by atoms with van der Waals surface area (Å²) >= 11 is 3.51. The summed E-state index contributed by atoms with van der Waals surface area (Å²) in [5.41, 5.74) is 5.84. The summed E-state index contributed by atoms with van der Waals surface area (Å²) in [5.74, 6) is 1.86. The highest BCUT2D eigenvalue weighted by atomic mass is 79.9. The number of hydrogen-bond acceptors (Lipinski definition) is 3. The molecule has 0 unspecified atom stereocenters. The number of benzene rings is 3. The SMILES string of the molecule is COc1ccc(Br)cc1C=Nc1ccc([C@@H]2Nc3ccccc3[C@@H]3C=CC[C@@H]32)cc1. The van der Waals surface area contributed by atoms with Crippen LogP contribution in [0.4, 0.5) is 11.4 Å². The average Bonchev–Trinajstić information content (AvgIpc) is 3.28. The lowest BCUT2D eigenvalue weighted by atomic mass is 9.77. The van der Waals surface area contributed by atoms with Crippen LogP contribution in [-0.4, -0.2) is 13.3 Å². The van der Waals surface area contributed by atoms with Crippen molar-refractivity contribution in [2.75, 3.05) is 12.4 Å². The van der Waals surface area contributed by atoms with E-state index in [0.29, 0.717) is 17.9 Å². The summed E-state index contributed by atoms with van der Waals surface area (Å²) in [6, 6.07) is 23.5. The van der Waals surface area contributed by atoms with E-state index in [9.17, 15) is 0 Å². The van der Waals surface area contributed by atoms with Gasteiger partial charge in [0.15, 0.2) is 0 Å². The summed E-state index contributed by atoms with van der Waals surface area (Å²) in [4.78, 5) is 4.66. The number of nitrogens with one attached hydrogen (secondary N) is 1. The molecule has 0 radical (unpaired) electrons. The Hall–Kier alpha value is -2.85. The highest BCUT2D eigenvalue weighted by Gasteiger charge is 2.37. The van der Waals surface area contributed by atoms with Gasteiger partial charge >= 0.3 is 0 Å². The molecular formula is C26H23BrN2O. The maximum absolute atomic E-state index is 5.43. The number of hydrogen-bond donors (Lipinski definition) is 1. The fraction of sp³-hybridized carbons (Fsp3) is 0.192. The van der Waals surface area contributed by atoms with Crippen LogP contribution in [0, 0.1) is 5.92 Å². The zero-order valence-corrected chi connectivity index (χ0v) is 18.3. The van der Waals surface area contributed by atoms with Gasteiger partial charge in [-0.15, -0.1) is 0 Å². The molecule has 1 aliphatic carbocycles. The molecule has 0 saturated heterocycles. The van der Waals surface area contributed by atoms with Crippen LogP contribution in [-0.2, 0) is 0 Å². The number of fused-ring (bicyclic) bond motifs is 3. The van der Waals surface area contributed by atoms with Crippen LogP contribution in [0.15, 0.2) is 88.3 Å². The van der Waals surface area contributed by atoms with Gasteiger partial charge in [-0.1, -0.05) is 58.4 Å². The van der Waals surface area contributed by atoms with Crippen LogP contribution in [0.2, 0.25) is 0 Å². The van der Waals surface area contributed by atoms with E-state index in [4.69, 9.17) is 4.74 Å². The Labute approximate surface area is 185 Å². The highest BCUT2D eigenvalue weighted by molar-refractivity contribution is 9.10. The molecule has 0 fully saturated rings. The van der Waals surface area contributed by atoms with Gasteiger partial charge in [0.2, 0.25) is 0 Å². The van der Waals surface area contributed by atoms with Crippen molar-refractivity contribution in [2.24, 2.45) is 10.9 Å². The Balaban J connectivity index is 1.39. The van der Waals surface area contributed by atoms with Crippen molar-refractivity contribution in [1.29, 1.82) is 0 Å². The number of ether oxygens (including phenoxy) is 1. The van der Waals surface area contributed by atoms with Gasteiger partial charge in [-0.2, -0.15) is 0 Å². The second kappa shape index (κ2) is 8.11. The average molecular weight is 459 g/mol. The topological polar surface area (TPSA) is 33.6 Å². The molecule has 30 heavy (non-hydrogen) atoms. The molecular weight excluding hydrogens is 436 g/mol. The van der Waals surface area contributed by atoms with Crippen LogP contribution >= 0.6 is 15.9 Å². The van der Waals surface area contributed by atoms with Crippen molar-refractivity contribution in [3.05, 3.63) is 100 Å². The third-order valence-corrected chi connectivity index (χ3v) is 6.56.